The van der Waals surface area contributed by atoms with E-state index in [1.807, 2.05) is 60.7 Å². The SMILES string of the molecule is CCCc1c(C(N)=O)c(-c2ccccc2)nc2n[nH]c(-c3ccccc3)c12. The molecule has 0 bridgehead atoms. The summed E-state index contributed by atoms with van der Waals surface area (Å²) in [5.41, 5.74) is 11.1. The minimum Gasteiger partial charge on any atom is -0.366 e. The maximum absolute atomic E-state index is 12.5. The number of aromatic nitrogens is 3. The zero-order valence-electron chi connectivity index (χ0n) is 15.1. The molecule has 5 nitrogen and oxygen atoms in total. The molecule has 27 heavy (non-hydrogen) atoms. The number of nitrogens with one attached hydrogen (secondary N) is 1. The molecule has 0 aliphatic rings. The van der Waals surface area contributed by atoms with Gasteiger partial charge in [-0.15, -0.1) is 0 Å². The number of primary amides is 1. The number of hydrogen-bond acceptors (Lipinski definition) is 3. The van der Waals surface area contributed by atoms with Gasteiger partial charge in [-0.3, -0.25) is 9.89 Å². The number of rotatable bonds is 5. The molecule has 3 N–H and O–H groups in total. The number of hydrogen-bond donors (Lipinski definition) is 2. The van der Waals surface area contributed by atoms with Crippen molar-refractivity contribution in [1.29, 1.82) is 0 Å². The van der Waals surface area contributed by atoms with Crippen LogP contribution in [0.1, 0.15) is 29.3 Å². The van der Waals surface area contributed by atoms with E-state index in [4.69, 9.17) is 10.7 Å². The molecule has 0 radical (unpaired) electrons. The van der Waals surface area contributed by atoms with Gasteiger partial charge in [0.2, 0.25) is 0 Å². The zero-order chi connectivity index (χ0) is 18.8. The van der Waals surface area contributed by atoms with E-state index in [1.165, 1.54) is 0 Å². The van der Waals surface area contributed by atoms with Gasteiger partial charge in [-0.2, -0.15) is 5.10 Å². The Morgan fingerprint density at radius 1 is 1.00 bits per heavy atom. The van der Waals surface area contributed by atoms with Crippen LogP contribution in [-0.4, -0.2) is 21.1 Å². The monoisotopic (exact) mass is 356 g/mol. The van der Waals surface area contributed by atoms with Crippen LogP contribution in [0.25, 0.3) is 33.5 Å². The van der Waals surface area contributed by atoms with Crippen molar-refractivity contribution in [3.05, 3.63) is 71.8 Å². The Bertz CT molecular complexity index is 1100. The van der Waals surface area contributed by atoms with Gasteiger partial charge in [0, 0.05) is 11.1 Å². The number of nitrogens with zero attached hydrogens (tertiary/aromatic N) is 2. The molecule has 4 rings (SSSR count). The Morgan fingerprint density at radius 3 is 2.22 bits per heavy atom. The average Bonchev–Trinajstić information content (AvgIpc) is 3.13. The topological polar surface area (TPSA) is 84.7 Å². The number of aryl methyl sites for hydroxylation is 1. The van der Waals surface area contributed by atoms with E-state index in [2.05, 4.69) is 17.1 Å². The Hall–Kier alpha value is -3.47. The van der Waals surface area contributed by atoms with Crippen molar-refractivity contribution in [2.45, 2.75) is 19.8 Å². The van der Waals surface area contributed by atoms with Gasteiger partial charge >= 0.3 is 0 Å². The largest absolute Gasteiger partial charge is 0.366 e. The Kier molecular flexibility index (Phi) is 4.42. The van der Waals surface area contributed by atoms with Gasteiger partial charge in [0.25, 0.3) is 5.91 Å². The second-order valence-electron chi connectivity index (χ2n) is 6.46. The van der Waals surface area contributed by atoms with Crippen LogP contribution in [0, 0.1) is 0 Å². The summed E-state index contributed by atoms with van der Waals surface area (Å²) in [5, 5.41) is 8.42. The van der Waals surface area contributed by atoms with Crippen molar-refractivity contribution in [2.24, 2.45) is 5.73 Å². The first kappa shape index (κ1) is 17.0. The van der Waals surface area contributed by atoms with E-state index >= 15 is 0 Å². The van der Waals surface area contributed by atoms with Crippen LogP contribution in [0.15, 0.2) is 60.7 Å². The van der Waals surface area contributed by atoms with E-state index in [1.54, 1.807) is 0 Å². The van der Waals surface area contributed by atoms with Crippen LogP contribution in [0.5, 0.6) is 0 Å². The van der Waals surface area contributed by atoms with Gasteiger partial charge in [-0.25, -0.2) is 4.98 Å². The number of nitrogens with two attached hydrogens (primary N) is 1. The van der Waals surface area contributed by atoms with Crippen molar-refractivity contribution < 1.29 is 4.79 Å². The molecule has 2 aromatic heterocycles. The standard InChI is InChI=1S/C22H20N4O/c1-2-9-16-17(21(23)27)19(14-10-5-3-6-11-14)24-22-18(16)20(25-26-22)15-12-7-4-8-13-15/h3-8,10-13H,2,9H2,1H3,(H2,23,27)(H,24,25,26). The van der Waals surface area contributed by atoms with Gasteiger partial charge in [-0.1, -0.05) is 74.0 Å². The second-order valence-corrected chi connectivity index (χ2v) is 6.46. The number of fused-ring (bicyclic) bond motifs is 1. The highest BCUT2D eigenvalue weighted by molar-refractivity contribution is 6.07. The minimum absolute atomic E-state index is 0.466. The lowest BCUT2D eigenvalue weighted by molar-refractivity contribution is 0.1000. The first-order chi connectivity index (χ1) is 13.2. The maximum atomic E-state index is 12.5. The molecule has 2 heterocycles. The summed E-state index contributed by atoms with van der Waals surface area (Å²) in [6.07, 6.45) is 1.60. The predicted octanol–water partition coefficient (Wildman–Crippen LogP) is 4.34. The van der Waals surface area contributed by atoms with Gasteiger partial charge in [-0.05, 0) is 12.0 Å². The number of H-pyrrole nitrogens is 1. The molecule has 1 amide bonds. The van der Waals surface area contributed by atoms with Gasteiger partial charge in [0.1, 0.15) is 0 Å². The normalized spacial score (nSPS) is 11.0. The molecule has 2 aromatic carbocycles. The summed E-state index contributed by atoms with van der Waals surface area (Å²) in [6.45, 7) is 2.08. The van der Waals surface area contributed by atoms with Crippen LogP contribution in [-0.2, 0) is 6.42 Å². The minimum atomic E-state index is -0.466. The van der Waals surface area contributed by atoms with Crippen molar-refractivity contribution in [1.82, 2.24) is 15.2 Å². The lowest BCUT2D eigenvalue weighted by atomic mass is 9.93. The predicted molar refractivity (Wildman–Crippen MR) is 107 cm³/mol. The summed E-state index contributed by atoms with van der Waals surface area (Å²) in [5.74, 6) is -0.466. The summed E-state index contributed by atoms with van der Waals surface area (Å²) in [6, 6.07) is 19.6. The van der Waals surface area contributed by atoms with Gasteiger partial charge in [0.05, 0.1) is 22.3 Å². The number of aromatic amines is 1. The molecule has 134 valence electrons. The molecule has 0 saturated carbocycles. The van der Waals surface area contributed by atoms with Gasteiger partial charge < -0.3 is 5.73 Å². The van der Waals surface area contributed by atoms with Crippen LogP contribution in [0.2, 0.25) is 0 Å². The molecular formula is C22H20N4O. The zero-order valence-corrected chi connectivity index (χ0v) is 15.1. The molecule has 0 saturated heterocycles. The van der Waals surface area contributed by atoms with E-state index in [0.717, 1.165) is 40.6 Å². The molecule has 0 aliphatic carbocycles. The highest BCUT2D eigenvalue weighted by atomic mass is 16.1. The molecule has 0 spiro atoms. The fourth-order valence-electron chi connectivity index (χ4n) is 3.51. The fourth-order valence-corrected chi connectivity index (χ4v) is 3.51. The molecule has 0 aliphatic heterocycles. The number of benzene rings is 2. The first-order valence-corrected chi connectivity index (χ1v) is 9.02. The molecular weight excluding hydrogens is 336 g/mol. The van der Waals surface area contributed by atoms with Crippen molar-refractivity contribution in [3.63, 3.8) is 0 Å². The van der Waals surface area contributed by atoms with E-state index in [9.17, 15) is 4.79 Å². The highest BCUT2D eigenvalue weighted by Gasteiger charge is 2.23. The maximum Gasteiger partial charge on any atom is 0.251 e. The smallest absolute Gasteiger partial charge is 0.251 e. The Morgan fingerprint density at radius 2 is 1.63 bits per heavy atom. The lowest BCUT2D eigenvalue weighted by Crippen LogP contribution is -2.17. The summed E-state index contributed by atoms with van der Waals surface area (Å²) >= 11 is 0. The van der Waals surface area contributed by atoms with Crippen LogP contribution in [0.4, 0.5) is 0 Å². The average molecular weight is 356 g/mol. The molecule has 5 heteroatoms. The van der Waals surface area contributed by atoms with Crippen molar-refractivity contribution in [2.75, 3.05) is 0 Å². The molecule has 0 fully saturated rings. The third-order valence-electron chi connectivity index (χ3n) is 4.66. The number of amides is 1. The number of carbonyl (C=O) groups excluding carboxylic acids is 1. The molecule has 0 unspecified atom stereocenters. The third-order valence-corrected chi connectivity index (χ3v) is 4.66. The van der Waals surface area contributed by atoms with Crippen molar-refractivity contribution in [3.8, 4) is 22.5 Å². The Balaban J connectivity index is 2.08. The van der Waals surface area contributed by atoms with Crippen LogP contribution >= 0.6 is 0 Å². The Labute approximate surface area is 157 Å². The fraction of sp³-hybridized carbons (Fsp3) is 0.136. The number of carbonyl (C=O) groups is 1. The van der Waals surface area contributed by atoms with E-state index in [-0.39, 0.29) is 0 Å². The summed E-state index contributed by atoms with van der Waals surface area (Å²) in [4.78, 5) is 17.2. The quantitative estimate of drug-likeness (QED) is 0.558. The summed E-state index contributed by atoms with van der Waals surface area (Å²) in [7, 11) is 0. The van der Waals surface area contributed by atoms with E-state index < -0.39 is 5.91 Å². The molecule has 4 aromatic rings. The van der Waals surface area contributed by atoms with Crippen LogP contribution in [0.3, 0.4) is 0 Å². The van der Waals surface area contributed by atoms with E-state index in [0.29, 0.717) is 16.9 Å². The highest BCUT2D eigenvalue weighted by Crippen LogP contribution is 2.35. The summed E-state index contributed by atoms with van der Waals surface area (Å²) < 4.78 is 0. The van der Waals surface area contributed by atoms with Gasteiger partial charge in [0.15, 0.2) is 5.65 Å². The third kappa shape index (κ3) is 2.97. The second kappa shape index (κ2) is 7.03. The van der Waals surface area contributed by atoms with Crippen molar-refractivity contribution >= 4 is 16.9 Å². The lowest BCUT2D eigenvalue weighted by Gasteiger charge is -2.13. The number of pyridine rings is 1. The van der Waals surface area contributed by atoms with Crippen LogP contribution < -0.4 is 5.73 Å². The first-order valence-electron chi connectivity index (χ1n) is 9.02. The molecule has 0 atom stereocenters.